The first-order valence-corrected chi connectivity index (χ1v) is 3.12. The molecule has 48 valence electrons. The van der Waals surface area contributed by atoms with Crippen molar-refractivity contribution < 1.29 is 1.41 Å². The first kappa shape index (κ1) is 5.39. The largest absolute Gasteiger partial charge is 0.297 e. The molecule has 0 aliphatic rings. The lowest BCUT2D eigenvalue weighted by Crippen LogP contribution is -1.78. The Bertz CT molecular complexity index is 227. The van der Waals surface area contributed by atoms with Gasteiger partial charge in [0.05, 0.1) is 10.7 Å². The molecule has 0 spiro atoms. The van der Waals surface area contributed by atoms with E-state index in [0.717, 1.165) is 0 Å². The molecule has 0 radical (unpaired) electrons. The highest BCUT2D eigenvalue weighted by atomic mass is 35.5. The van der Waals surface area contributed by atoms with Crippen LogP contribution in [0.3, 0.4) is 0 Å². The van der Waals surface area contributed by atoms with Crippen LogP contribution >= 0.6 is 23.4 Å². The molecule has 0 unspecified atom stereocenters. The van der Waals surface area contributed by atoms with E-state index < -0.39 is 0 Å². The third kappa shape index (κ3) is 1.50. The number of hydrogen-bond acceptors (Lipinski definition) is 1. The molecule has 0 aliphatic heterocycles. The van der Waals surface area contributed by atoms with Crippen LogP contribution in [0.25, 0.3) is 0 Å². The van der Waals surface area contributed by atoms with E-state index in [1.807, 2.05) is 0 Å². The Morgan fingerprint density at radius 3 is 2.56 bits per heavy atom. The number of halogens is 2. The van der Waals surface area contributed by atoms with Gasteiger partial charge in [-0.05, 0) is 12.1 Å². The molecule has 0 saturated heterocycles. The SMILES string of the molecule is [2H]N(Cl)c1ccccc1Cl. The maximum atomic E-state index is 6.97. The van der Waals surface area contributed by atoms with E-state index in [4.69, 9.17) is 24.8 Å². The monoisotopic (exact) mass is 162 g/mol. The van der Waals surface area contributed by atoms with Gasteiger partial charge in [0.15, 0.2) is 1.41 Å². The zero-order valence-corrected chi connectivity index (χ0v) is 6.02. The zero-order chi connectivity index (χ0) is 7.56. The molecule has 0 heterocycles. The minimum absolute atomic E-state index is 0.479. The number of hydrogen-bond donors (Lipinski definition) is 1. The summed E-state index contributed by atoms with van der Waals surface area (Å²) in [6.45, 7) is 0. The molecule has 1 N–H and O–H groups in total. The van der Waals surface area contributed by atoms with Crippen LogP contribution in [0.1, 0.15) is 0 Å². The molecule has 0 atom stereocenters. The Morgan fingerprint density at radius 1 is 1.44 bits per heavy atom. The Kier molecular flexibility index (Phi) is 1.76. The van der Waals surface area contributed by atoms with Gasteiger partial charge in [0.25, 0.3) is 0 Å². The molecule has 0 bridgehead atoms. The van der Waals surface area contributed by atoms with Crippen LogP contribution in [-0.4, -0.2) is 0 Å². The summed E-state index contributed by atoms with van der Waals surface area (Å²) in [7, 11) is 0. The van der Waals surface area contributed by atoms with E-state index in [1.54, 1.807) is 24.3 Å². The van der Waals surface area contributed by atoms with Crippen molar-refractivity contribution in [3.05, 3.63) is 29.3 Å². The number of para-hydroxylation sites is 1. The molecule has 0 amide bonds. The first-order valence-electron chi connectivity index (χ1n) is 2.86. The van der Waals surface area contributed by atoms with Crippen LogP contribution in [0.2, 0.25) is 6.43 Å². The van der Waals surface area contributed by atoms with E-state index in [2.05, 4.69) is 0 Å². The number of anilines is 1. The summed E-state index contributed by atoms with van der Waals surface area (Å²) >= 11 is 11.0. The smallest absolute Gasteiger partial charge is 0.181 e. The fourth-order valence-electron chi connectivity index (χ4n) is 0.520. The third-order valence-corrected chi connectivity index (χ3v) is 1.45. The summed E-state index contributed by atoms with van der Waals surface area (Å²) < 4.78 is 6.97. The molecular weight excluding hydrogens is 157 g/mol. The molecular formula is C6H5Cl2N. The predicted octanol–water partition coefficient (Wildman–Crippen LogP) is 2.91. The summed E-state index contributed by atoms with van der Waals surface area (Å²) in [6.07, 6.45) is 0. The van der Waals surface area contributed by atoms with Crippen LogP contribution < -0.4 is 4.83 Å². The third-order valence-electron chi connectivity index (χ3n) is 0.944. The lowest BCUT2D eigenvalue weighted by Gasteiger charge is -1.97. The van der Waals surface area contributed by atoms with Gasteiger partial charge >= 0.3 is 0 Å². The average Bonchev–Trinajstić information content (AvgIpc) is 1.88. The number of nitrogens with one attached hydrogen (secondary N) is 1. The topological polar surface area (TPSA) is 12.0 Å². The standard InChI is InChI=1S/C6H5Cl2N/c7-5-3-1-2-4-6(5)9-8/h1-4,9H/i/hD. The van der Waals surface area contributed by atoms with Gasteiger partial charge in [-0.25, -0.2) is 0 Å². The molecule has 1 aromatic rings. The minimum atomic E-state index is 0.479. The second-order valence-corrected chi connectivity index (χ2v) is 2.11. The maximum absolute atomic E-state index is 6.97. The van der Waals surface area contributed by atoms with Crippen molar-refractivity contribution >= 4 is 29.1 Å². The Hall–Kier alpha value is -0.400. The lowest BCUT2D eigenvalue weighted by molar-refractivity contribution is 1.68. The van der Waals surface area contributed by atoms with E-state index >= 15 is 0 Å². The Balaban J connectivity index is 3.03. The maximum Gasteiger partial charge on any atom is 0.181 e. The van der Waals surface area contributed by atoms with Crippen molar-refractivity contribution in [1.82, 2.24) is 0 Å². The van der Waals surface area contributed by atoms with Crippen molar-refractivity contribution in [2.45, 2.75) is 0 Å². The normalized spacial score (nSPS) is 10.7. The van der Waals surface area contributed by atoms with Crippen molar-refractivity contribution in [3.8, 4) is 0 Å². The molecule has 0 aliphatic carbocycles. The van der Waals surface area contributed by atoms with Crippen LogP contribution in [0.5, 0.6) is 0 Å². The van der Waals surface area contributed by atoms with E-state index in [1.165, 1.54) is 0 Å². The zero-order valence-electron chi connectivity index (χ0n) is 5.51. The van der Waals surface area contributed by atoms with E-state index in [-0.39, 0.29) is 0 Å². The van der Waals surface area contributed by atoms with Gasteiger partial charge in [0.2, 0.25) is 0 Å². The quantitative estimate of drug-likeness (QED) is 0.627. The van der Waals surface area contributed by atoms with E-state index in [0.29, 0.717) is 15.5 Å². The van der Waals surface area contributed by atoms with Crippen molar-refractivity contribution in [3.63, 3.8) is 0 Å². The summed E-state index contributed by atoms with van der Waals surface area (Å²) in [5, 5.41) is 0.479. The summed E-state index contributed by atoms with van der Waals surface area (Å²) in [5.74, 6) is 0. The van der Waals surface area contributed by atoms with Gasteiger partial charge in [-0.3, -0.25) is 4.83 Å². The highest BCUT2D eigenvalue weighted by Gasteiger charge is 1.92. The minimum Gasteiger partial charge on any atom is -0.297 e. The summed E-state index contributed by atoms with van der Waals surface area (Å²) in [5.41, 5.74) is 0.492. The van der Waals surface area contributed by atoms with E-state index in [9.17, 15) is 0 Å². The van der Waals surface area contributed by atoms with Gasteiger partial charge in [0, 0.05) is 11.8 Å². The fourth-order valence-corrected chi connectivity index (χ4v) is 0.889. The highest BCUT2D eigenvalue weighted by molar-refractivity contribution is 6.35. The van der Waals surface area contributed by atoms with Crippen molar-refractivity contribution in [2.24, 2.45) is 0 Å². The molecule has 0 aromatic heterocycles. The van der Waals surface area contributed by atoms with Crippen molar-refractivity contribution in [1.29, 1.82) is 0 Å². The van der Waals surface area contributed by atoms with Gasteiger partial charge in [-0.15, -0.1) is 0 Å². The molecule has 3 heteroatoms. The predicted molar refractivity (Wildman–Crippen MR) is 40.9 cm³/mol. The van der Waals surface area contributed by atoms with Crippen LogP contribution in [0.4, 0.5) is 5.69 Å². The van der Waals surface area contributed by atoms with Crippen molar-refractivity contribution in [2.75, 3.05) is 4.83 Å². The van der Waals surface area contributed by atoms with Crippen LogP contribution in [-0.2, 0) is 0 Å². The lowest BCUT2D eigenvalue weighted by atomic mass is 10.3. The molecule has 9 heavy (non-hydrogen) atoms. The first-order chi connectivity index (χ1) is 4.72. The van der Waals surface area contributed by atoms with Gasteiger partial charge in [0.1, 0.15) is 0 Å². The highest BCUT2D eigenvalue weighted by Crippen LogP contribution is 2.20. The second-order valence-electron chi connectivity index (χ2n) is 1.54. The average molecular weight is 163 g/mol. The molecule has 0 saturated carbocycles. The van der Waals surface area contributed by atoms with Crippen LogP contribution in [0.15, 0.2) is 24.3 Å². The summed E-state index contributed by atoms with van der Waals surface area (Å²) in [6, 6.07) is 6.90. The fraction of sp³-hybridized carbons (Fsp3) is 0. The molecule has 1 nitrogen and oxygen atoms in total. The Labute approximate surface area is 65.2 Å². The number of benzene rings is 1. The summed E-state index contributed by atoms with van der Waals surface area (Å²) in [4.78, 5) is 0.711. The van der Waals surface area contributed by atoms with Gasteiger partial charge in [-0.2, -0.15) is 0 Å². The van der Waals surface area contributed by atoms with Gasteiger partial charge in [-0.1, -0.05) is 23.7 Å². The van der Waals surface area contributed by atoms with Crippen LogP contribution in [0, 0.1) is 0 Å². The Morgan fingerprint density at radius 2 is 2.11 bits per heavy atom. The second kappa shape index (κ2) is 2.95. The molecule has 1 aromatic carbocycles. The molecule has 1 rings (SSSR count). The van der Waals surface area contributed by atoms with Gasteiger partial charge < -0.3 is 0 Å². The number of rotatable bonds is 1. The molecule has 0 fully saturated rings.